The van der Waals surface area contributed by atoms with E-state index in [4.69, 9.17) is 9.47 Å². The Kier molecular flexibility index (Phi) is 9.61. The van der Waals surface area contributed by atoms with Gasteiger partial charge in [0.2, 0.25) is 11.8 Å². The minimum atomic E-state index is -0.619. The third kappa shape index (κ3) is 6.90. The van der Waals surface area contributed by atoms with Gasteiger partial charge in [-0.05, 0) is 47.6 Å². The fourth-order valence-electron chi connectivity index (χ4n) is 5.93. The maximum absolute atomic E-state index is 13.8. The predicted octanol–water partition coefficient (Wildman–Crippen LogP) is 6.12. The number of amides is 4. The van der Waals surface area contributed by atoms with Crippen molar-refractivity contribution in [2.24, 2.45) is 11.8 Å². The molecule has 2 aliphatic heterocycles. The second kappa shape index (κ2) is 13.1. The van der Waals surface area contributed by atoms with Crippen molar-refractivity contribution in [1.82, 2.24) is 9.80 Å². The largest absolute Gasteiger partial charge is 0.447 e. The fraction of sp³-hybridized carbons (Fsp3) is 0.500. The van der Waals surface area contributed by atoms with Gasteiger partial charge in [0, 0.05) is 12.8 Å². The number of hydrogen-bond donors (Lipinski definition) is 0. The van der Waals surface area contributed by atoms with Crippen molar-refractivity contribution >= 4 is 24.0 Å². The first-order valence-electron chi connectivity index (χ1n) is 14.2. The van der Waals surface area contributed by atoms with Crippen molar-refractivity contribution in [2.45, 2.75) is 77.3 Å². The number of carbonyl (C=O) groups excluding carboxylic acids is 4. The third-order valence-corrected chi connectivity index (χ3v) is 7.68. The summed E-state index contributed by atoms with van der Waals surface area (Å²) in [5.74, 6) is -0.922. The molecule has 2 aromatic carbocycles. The molecular formula is C32H40N2O6. The van der Waals surface area contributed by atoms with Crippen LogP contribution in [0, 0.1) is 11.8 Å². The molecule has 0 radical (unpaired) electrons. The van der Waals surface area contributed by atoms with E-state index in [1.807, 2.05) is 88.4 Å². The Morgan fingerprint density at radius 1 is 0.675 bits per heavy atom. The summed E-state index contributed by atoms with van der Waals surface area (Å²) in [5.41, 5.74) is 1.77. The molecule has 214 valence electrons. The number of imide groups is 2. The van der Waals surface area contributed by atoms with Gasteiger partial charge >= 0.3 is 12.2 Å². The zero-order valence-corrected chi connectivity index (χ0v) is 23.8. The summed E-state index contributed by atoms with van der Waals surface area (Å²) >= 11 is 0. The Bertz CT molecular complexity index is 1090. The van der Waals surface area contributed by atoms with E-state index in [2.05, 4.69) is 0 Å². The van der Waals surface area contributed by atoms with Crippen molar-refractivity contribution in [3.05, 3.63) is 71.8 Å². The topological polar surface area (TPSA) is 93.2 Å². The second-order valence-corrected chi connectivity index (χ2v) is 11.7. The number of benzene rings is 2. The normalized spacial score (nSPS) is 20.6. The number of nitrogens with zero attached hydrogens (tertiary/aromatic N) is 2. The molecule has 2 aromatic rings. The van der Waals surface area contributed by atoms with E-state index in [-0.39, 0.29) is 61.8 Å². The molecule has 8 nitrogen and oxygen atoms in total. The fourth-order valence-corrected chi connectivity index (χ4v) is 5.93. The van der Waals surface area contributed by atoms with Gasteiger partial charge < -0.3 is 9.47 Å². The van der Waals surface area contributed by atoms with Crippen LogP contribution in [0.1, 0.15) is 76.3 Å². The monoisotopic (exact) mass is 548 g/mol. The van der Waals surface area contributed by atoms with Crippen LogP contribution in [-0.4, -0.2) is 59.1 Å². The van der Waals surface area contributed by atoms with Crippen LogP contribution in [0.25, 0.3) is 0 Å². The number of cyclic esters (lactones) is 2. The van der Waals surface area contributed by atoms with Gasteiger partial charge in [0.1, 0.15) is 13.2 Å². The van der Waals surface area contributed by atoms with Gasteiger partial charge in [-0.1, -0.05) is 88.4 Å². The van der Waals surface area contributed by atoms with Crippen LogP contribution in [0.4, 0.5) is 9.59 Å². The zero-order valence-electron chi connectivity index (χ0n) is 23.8. The summed E-state index contributed by atoms with van der Waals surface area (Å²) < 4.78 is 10.5. The van der Waals surface area contributed by atoms with Crippen LogP contribution in [-0.2, 0) is 19.1 Å². The van der Waals surface area contributed by atoms with E-state index < -0.39 is 24.0 Å². The molecular weight excluding hydrogens is 508 g/mol. The molecule has 0 unspecified atom stereocenters. The van der Waals surface area contributed by atoms with Crippen LogP contribution in [0.5, 0.6) is 0 Å². The number of ether oxygens (including phenoxy) is 2. The summed E-state index contributed by atoms with van der Waals surface area (Å²) in [7, 11) is 0. The highest BCUT2D eigenvalue weighted by atomic mass is 16.6. The van der Waals surface area contributed by atoms with Crippen LogP contribution in [0.3, 0.4) is 0 Å². The summed E-state index contributed by atoms with van der Waals surface area (Å²) in [6.07, 6.45) is 0.100. The lowest BCUT2D eigenvalue weighted by molar-refractivity contribution is -0.132. The van der Waals surface area contributed by atoms with E-state index in [0.717, 1.165) is 11.1 Å². The van der Waals surface area contributed by atoms with Gasteiger partial charge in [-0.2, -0.15) is 0 Å². The first-order chi connectivity index (χ1) is 19.2. The van der Waals surface area contributed by atoms with Gasteiger partial charge in [-0.15, -0.1) is 0 Å². The van der Waals surface area contributed by atoms with Crippen molar-refractivity contribution in [2.75, 3.05) is 13.2 Å². The maximum atomic E-state index is 13.8. The van der Waals surface area contributed by atoms with Gasteiger partial charge in [0.15, 0.2) is 0 Å². The standard InChI is InChI=1S/C32H40N2O6/c1-21(2)15-25-19-39-31(37)33(25)29(35)17-27(23-11-7-5-8-12-23)28(24-13-9-6-10-14-24)18-30(36)34-26(16-22(3)4)20-40-32(34)38/h5-14,21-22,25-28H,15-20H2,1-4H3/t25-,26-,27+,28+/m0/s1. The van der Waals surface area contributed by atoms with E-state index in [9.17, 15) is 19.2 Å². The van der Waals surface area contributed by atoms with Crippen molar-refractivity contribution in [3.8, 4) is 0 Å². The third-order valence-electron chi connectivity index (χ3n) is 7.68. The highest BCUT2D eigenvalue weighted by Crippen LogP contribution is 2.40. The van der Waals surface area contributed by atoms with Crippen LogP contribution < -0.4 is 0 Å². The van der Waals surface area contributed by atoms with E-state index in [1.165, 1.54) is 9.80 Å². The molecule has 2 fully saturated rings. The molecule has 0 N–H and O–H groups in total. The lowest BCUT2D eigenvalue weighted by Crippen LogP contribution is -2.42. The maximum Gasteiger partial charge on any atom is 0.416 e. The predicted molar refractivity (Wildman–Crippen MR) is 150 cm³/mol. The number of hydrogen-bond acceptors (Lipinski definition) is 6. The second-order valence-electron chi connectivity index (χ2n) is 11.7. The lowest BCUT2D eigenvalue weighted by atomic mass is 9.77. The SMILES string of the molecule is CC(C)C[C@H]1COC(=O)N1C(=O)C[C@H](c1ccccc1)[C@H](CC(=O)N1C(=O)OC[C@@H]1CC(C)C)c1ccccc1. The lowest BCUT2D eigenvalue weighted by Gasteiger charge is -2.31. The molecule has 0 saturated carbocycles. The minimum absolute atomic E-state index is 0.0143. The molecule has 4 amide bonds. The van der Waals surface area contributed by atoms with Crippen LogP contribution in [0.2, 0.25) is 0 Å². The van der Waals surface area contributed by atoms with Crippen LogP contribution in [0.15, 0.2) is 60.7 Å². The minimum Gasteiger partial charge on any atom is -0.447 e. The smallest absolute Gasteiger partial charge is 0.416 e. The Labute approximate surface area is 236 Å². The Balaban J connectivity index is 1.68. The molecule has 0 aromatic heterocycles. The summed E-state index contributed by atoms with van der Waals surface area (Å²) in [6.45, 7) is 8.56. The van der Waals surface area contributed by atoms with Gasteiger partial charge in [0.25, 0.3) is 0 Å². The average Bonchev–Trinajstić information content (AvgIpc) is 3.47. The van der Waals surface area contributed by atoms with Crippen molar-refractivity contribution in [3.63, 3.8) is 0 Å². The molecule has 0 aliphatic carbocycles. The molecule has 2 aliphatic rings. The van der Waals surface area contributed by atoms with E-state index in [0.29, 0.717) is 12.8 Å². The first-order valence-corrected chi connectivity index (χ1v) is 14.2. The molecule has 4 atom stereocenters. The van der Waals surface area contributed by atoms with E-state index >= 15 is 0 Å². The van der Waals surface area contributed by atoms with E-state index in [1.54, 1.807) is 0 Å². The zero-order chi connectivity index (χ0) is 28.8. The van der Waals surface area contributed by atoms with Crippen molar-refractivity contribution in [1.29, 1.82) is 0 Å². The molecule has 0 bridgehead atoms. The molecule has 40 heavy (non-hydrogen) atoms. The highest BCUT2D eigenvalue weighted by molar-refractivity contribution is 5.95. The molecule has 0 spiro atoms. The summed E-state index contributed by atoms with van der Waals surface area (Å²) in [4.78, 5) is 55.4. The molecule has 8 heteroatoms. The first kappa shape index (κ1) is 29.3. The van der Waals surface area contributed by atoms with Crippen molar-refractivity contribution < 1.29 is 28.7 Å². The Morgan fingerprint density at radius 2 is 1.02 bits per heavy atom. The number of rotatable bonds is 11. The number of carbonyl (C=O) groups is 4. The van der Waals surface area contributed by atoms with Crippen LogP contribution >= 0.6 is 0 Å². The van der Waals surface area contributed by atoms with Gasteiger partial charge in [0.05, 0.1) is 12.1 Å². The highest BCUT2D eigenvalue weighted by Gasteiger charge is 2.42. The molecule has 4 rings (SSSR count). The molecule has 2 saturated heterocycles. The summed E-state index contributed by atoms with van der Waals surface area (Å²) in [6, 6.07) is 18.5. The summed E-state index contributed by atoms with van der Waals surface area (Å²) in [5, 5.41) is 0. The van der Waals surface area contributed by atoms with Gasteiger partial charge in [-0.25, -0.2) is 19.4 Å². The van der Waals surface area contributed by atoms with Gasteiger partial charge in [-0.3, -0.25) is 9.59 Å². The quantitative estimate of drug-likeness (QED) is 0.336. The molecule has 2 heterocycles. The average molecular weight is 549 g/mol. The Hall–Kier alpha value is -3.68. The Morgan fingerprint density at radius 3 is 1.35 bits per heavy atom.